The third kappa shape index (κ3) is 2.62. The lowest BCUT2D eigenvalue weighted by Gasteiger charge is -2.14. The van der Waals surface area contributed by atoms with E-state index in [9.17, 15) is 18.0 Å². The highest BCUT2D eigenvalue weighted by molar-refractivity contribution is 6.38. The van der Waals surface area contributed by atoms with Gasteiger partial charge in [-0.3, -0.25) is 4.79 Å². The highest BCUT2D eigenvalue weighted by Crippen LogP contribution is 2.37. The number of halogens is 5. The van der Waals surface area contributed by atoms with Gasteiger partial charge in [-0.05, 0) is 24.3 Å². The van der Waals surface area contributed by atoms with Gasteiger partial charge in [0, 0.05) is 6.20 Å². The van der Waals surface area contributed by atoms with Crippen LogP contribution in [0.2, 0.25) is 10.0 Å². The summed E-state index contributed by atoms with van der Waals surface area (Å²) >= 11 is 11.7. The Morgan fingerprint density at radius 3 is 2.21 bits per heavy atom. The summed E-state index contributed by atoms with van der Waals surface area (Å²) in [5, 5.41) is -0.363. The summed E-state index contributed by atoms with van der Waals surface area (Å²) < 4.78 is 39.1. The van der Waals surface area contributed by atoms with E-state index in [0.717, 1.165) is 12.1 Å². The van der Waals surface area contributed by atoms with Crippen molar-refractivity contribution in [2.45, 2.75) is 6.18 Å². The van der Waals surface area contributed by atoms with Crippen LogP contribution in [-0.2, 0) is 6.18 Å². The van der Waals surface area contributed by atoms with Crippen molar-refractivity contribution in [1.82, 2.24) is 4.57 Å². The Balaban J connectivity index is 2.64. The molecular weight excluding hydrogens is 302 g/mol. The average Bonchev–Trinajstić information content (AvgIpc) is 2.75. The largest absolute Gasteiger partial charge is 0.416 e. The van der Waals surface area contributed by atoms with Crippen molar-refractivity contribution in [3.05, 3.63) is 51.8 Å². The molecule has 0 saturated carbocycles. The van der Waals surface area contributed by atoms with E-state index < -0.39 is 11.7 Å². The van der Waals surface area contributed by atoms with Gasteiger partial charge in [-0.25, -0.2) is 0 Å². The highest BCUT2D eigenvalue weighted by atomic mass is 35.5. The molecule has 0 radical (unpaired) electrons. The van der Waals surface area contributed by atoms with Crippen molar-refractivity contribution in [3.8, 4) is 5.69 Å². The summed E-state index contributed by atoms with van der Waals surface area (Å²) in [5.74, 6) is 0. The van der Waals surface area contributed by atoms with Crippen LogP contribution in [0.1, 0.15) is 16.1 Å². The molecule has 0 bridgehead atoms. The fourth-order valence-corrected chi connectivity index (χ4v) is 2.32. The fourth-order valence-electron chi connectivity index (χ4n) is 1.65. The number of alkyl halides is 3. The molecule has 2 nitrogen and oxygen atoms in total. The van der Waals surface area contributed by atoms with Gasteiger partial charge in [0.1, 0.15) is 0 Å². The molecule has 2 aromatic rings. The van der Waals surface area contributed by atoms with E-state index in [4.69, 9.17) is 23.2 Å². The van der Waals surface area contributed by atoms with Gasteiger partial charge in [-0.1, -0.05) is 23.2 Å². The van der Waals surface area contributed by atoms with Gasteiger partial charge in [0.25, 0.3) is 0 Å². The van der Waals surface area contributed by atoms with Crippen LogP contribution >= 0.6 is 23.2 Å². The molecule has 0 saturated heterocycles. The van der Waals surface area contributed by atoms with E-state index in [0.29, 0.717) is 6.29 Å². The second-order valence-corrected chi connectivity index (χ2v) is 4.52. The number of carbonyl (C=O) groups is 1. The minimum absolute atomic E-state index is 0.142. The minimum Gasteiger partial charge on any atom is -0.311 e. The van der Waals surface area contributed by atoms with Gasteiger partial charge in [-0.15, -0.1) is 0 Å². The van der Waals surface area contributed by atoms with Crippen molar-refractivity contribution >= 4 is 29.5 Å². The monoisotopic (exact) mass is 307 g/mol. The van der Waals surface area contributed by atoms with Gasteiger partial charge < -0.3 is 4.57 Å². The van der Waals surface area contributed by atoms with Crippen LogP contribution in [0.5, 0.6) is 0 Å². The summed E-state index contributed by atoms with van der Waals surface area (Å²) in [5.41, 5.74) is -0.557. The molecule has 2 rings (SSSR count). The third-order valence-electron chi connectivity index (χ3n) is 2.49. The lowest BCUT2D eigenvalue weighted by Crippen LogP contribution is -2.07. The highest BCUT2D eigenvalue weighted by Gasteiger charge is 2.32. The standard InChI is InChI=1S/C12H6Cl2F3NO/c13-9-4-7(12(15,16)17)5-10(14)11(9)18-3-1-2-8(18)6-19/h1-6H. The number of rotatable bonds is 2. The first-order valence-corrected chi connectivity index (χ1v) is 5.79. The number of hydrogen-bond donors (Lipinski definition) is 0. The molecule has 1 aromatic heterocycles. The van der Waals surface area contributed by atoms with Crippen molar-refractivity contribution in [2.75, 3.05) is 0 Å². The van der Waals surface area contributed by atoms with Crippen LogP contribution in [0.25, 0.3) is 5.69 Å². The molecule has 0 unspecified atom stereocenters. The molecule has 0 aliphatic rings. The number of benzene rings is 1. The number of nitrogens with zero attached hydrogens (tertiary/aromatic N) is 1. The number of aromatic nitrogens is 1. The summed E-state index contributed by atoms with van der Waals surface area (Å²) in [6, 6.07) is 4.61. The topological polar surface area (TPSA) is 22.0 Å². The molecule has 7 heteroatoms. The smallest absolute Gasteiger partial charge is 0.311 e. The van der Waals surface area contributed by atoms with E-state index in [1.807, 2.05) is 0 Å². The van der Waals surface area contributed by atoms with Crippen molar-refractivity contribution in [2.24, 2.45) is 0 Å². The van der Waals surface area contributed by atoms with Gasteiger partial charge in [-0.2, -0.15) is 13.2 Å². The van der Waals surface area contributed by atoms with E-state index in [1.165, 1.54) is 16.8 Å². The Bertz CT molecular complexity index is 611. The molecule has 19 heavy (non-hydrogen) atoms. The molecule has 0 aliphatic carbocycles. The zero-order valence-corrected chi connectivity index (χ0v) is 10.7. The summed E-state index contributed by atoms with van der Waals surface area (Å²) in [6.07, 6.45) is -2.48. The fraction of sp³-hybridized carbons (Fsp3) is 0.0833. The Morgan fingerprint density at radius 2 is 1.74 bits per heavy atom. The molecule has 0 N–H and O–H groups in total. The normalized spacial score (nSPS) is 11.6. The van der Waals surface area contributed by atoms with Crippen LogP contribution in [0.3, 0.4) is 0 Å². The average molecular weight is 308 g/mol. The summed E-state index contributed by atoms with van der Waals surface area (Å²) in [4.78, 5) is 10.8. The molecule has 0 fully saturated rings. The minimum atomic E-state index is -4.53. The first kappa shape index (κ1) is 14.0. The van der Waals surface area contributed by atoms with Crippen LogP contribution in [0, 0.1) is 0 Å². The molecule has 0 spiro atoms. The van der Waals surface area contributed by atoms with Crippen molar-refractivity contribution in [1.29, 1.82) is 0 Å². The first-order valence-electron chi connectivity index (χ1n) is 5.03. The molecule has 0 amide bonds. The van der Waals surface area contributed by atoms with E-state index in [2.05, 4.69) is 0 Å². The predicted molar refractivity (Wildman–Crippen MR) is 66.2 cm³/mol. The quantitative estimate of drug-likeness (QED) is 0.742. The number of aldehydes is 1. The molecule has 0 aliphatic heterocycles. The SMILES string of the molecule is O=Cc1cccn1-c1c(Cl)cc(C(F)(F)F)cc1Cl. The van der Waals surface area contributed by atoms with Crippen LogP contribution in [0.4, 0.5) is 13.2 Å². The second kappa shape index (κ2) is 4.90. The van der Waals surface area contributed by atoms with Gasteiger partial charge in [0.05, 0.1) is 27.0 Å². The molecule has 0 atom stereocenters. The van der Waals surface area contributed by atoms with E-state index >= 15 is 0 Å². The van der Waals surface area contributed by atoms with Crippen molar-refractivity contribution in [3.63, 3.8) is 0 Å². The summed E-state index contributed by atoms with van der Waals surface area (Å²) in [6.45, 7) is 0. The maximum Gasteiger partial charge on any atom is 0.416 e. The van der Waals surface area contributed by atoms with E-state index in [-0.39, 0.29) is 21.4 Å². The molecule has 100 valence electrons. The second-order valence-electron chi connectivity index (χ2n) is 3.71. The van der Waals surface area contributed by atoms with Crippen LogP contribution in [0.15, 0.2) is 30.5 Å². The first-order chi connectivity index (χ1) is 8.84. The third-order valence-corrected chi connectivity index (χ3v) is 3.06. The number of hydrogen-bond acceptors (Lipinski definition) is 1. The molecular formula is C12H6Cl2F3NO. The Hall–Kier alpha value is -1.46. The van der Waals surface area contributed by atoms with Crippen molar-refractivity contribution < 1.29 is 18.0 Å². The van der Waals surface area contributed by atoms with Crippen LogP contribution in [-0.4, -0.2) is 10.9 Å². The maximum absolute atomic E-state index is 12.6. The Labute approximate surface area is 116 Å². The zero-order valence-electron chi connectivity index (χ0n) is 9.21. The number of carbonyl (C=O) groups excluding carboxylic acids is 1. The van der Waals surface area contributed by atoms with Gasteiger partial charge in [0.2, 0.25) is 0 Å². The Morgan fingerprint density at radius 1 is 1.16 bits per heavy atom. The zero-order chi connectivity index (χ0) is 14.2. The lowest BCUT2D eigenvalue weighted by molar-refractivity contribution is -0.137. The predicted octanol–water partition coefficient (Wildman–Crippen LogP) is 4.62. The lowest BCUT2D eigenvalue weighted by atomic mass is 10.2. The van der Waals surface area contributed by atoms with Crippen LogP contribution < -0.4 is 0 Å². The summed E-state index contributed by atoms with van der Waals surface area (Å²) in [7, 11) is 0. The molecule has 1 aromatic carbocycles. The van der Waals surface area contributed by atoms with Gasteiger partial charge >= 0.3 is 6.18 Å². The Kier molecular flexibility index (Phi) is 3.60. The molecule has 1 heterocycles. The maximum atomic E-state index is 12.6. The van der Waals surface area contributed by atoms with E-state index in [1.54, 1.807) is 6.07 Å². The van der Waals surface area contributed by atoms with Gasteiger partial charge in [0.15, 0.2) is 6.29 Å².